The van der Waals surface area contributed by atoms with E-state index in [9.17, 15) is 0 Å². The average Bonchev–Trinajstić information content (AvgIpc) is 3.83. The zero-order valence-electron chi connectivity index (χ0n) is 30.2. The van der Waals surface area contributed by atoms with Gasteiger partial charge in [0.2, 0.25) is 5.71 Å². The Morgan fingerprint density at radius 3 is 2.16 bits per heavy atom. The lowest BCUT2D eigenvalue weighted by molar-refractivity contribution is 0.652. The maximum Gasteiger partial charge on any atom is 0.248 e. The van der Waals surface area contributed by atoms with E-state index >= 15 is 0 Å². The van der Waals surface area contributed by atoms with Crippen LogP contribution in [0.5, 0.6) is 0 Å². The van der Waals surface area contributed by atoms with E-state index in [1.54, 1.807) is 0 Å². The number of hydrogen-bond donors (Lipinski definition) is 0. The van der Waals surface area contributed by atoms with Gasteiger partial charge in [-0.1, -0.05) is 117 Å². The van der Waals surface area contributed by atoms with E-state index in [4.69, 9.17) is 19.4 Å². The van der Waals surface area contributed by atoms with E-state index in [-0.39, 0.29) is 5.41 Å². The van der Waals surface area contributed by atoms with E-state index in [1.807, 2.05) is 24.4 Å². The van der Waals surface area contributed by atoms with Crippen molar-refractivity contribution in [3.63, 3.8) is 0 Å². The van der Waals surface area contributed by atoms with Crippen LogP contribution < -0.4 is 0 Å². The van der Waals surface area contributed by atoms with Crippen LogP contribution in [-0.2, 0) is 5.41 Å². The Labute approximate surface area is 316 Å². The molecule has 0 aliphatic heterocycles. The number of aromatic nitrogens is 4. The third-order valence-corrected chi connectivity index (χ3v) is 11.8. The summed E-state index contributed by atoms with van der Waals surface area (Å²) >= 11 is 0. The molecule has 5 nitrogen and oxygen atoms in total. The topological polar surface area (TPSA) is 56.7 Å². The Morgan fingerprint density at radius 2 is 1.29 bits per heavy atom. The molecule has 4 aromatic heterocycles. The fraction of sp³-hybridized carbons (Fsp3) is 0.0600. The van der Waals surface area contributed by atoms with Crippen LogP contribution in [0.3, 0.4) is 0 Å². The van der Waals surface area contributed by atoms with Crippen molar-refractivity contribution >= 4 is 65.6 Å². The van der Waals surface area contributed by atoms with Crippen molar-refractivity contribution < 1.29 is 4.42 Å². The quantitative estimate of drug-likeness (QED) is 0.184. The maximum atomic E-state index is 6.69. The number of fused-ring (bicyclic) bond motifs is 12. The van der Waals surface area contributed by atoms with Gasteiger partial charge >= 0.3 is 0 Å². The molecule has 55 heavy (non-hydrogen) atoms. The van der Waals surface area contributed by atoms with Crippen molar-refractivity contribution in [2.45, 2.75) is 19.3 Å². The van der Waals surface area contributed by atoms with Gasteiger partial charge in [-0.15, -0.1) is 0 Å². The van der Waals surface area contributed by atoms with Gasteiger partial charge in [0.05, 0.1) is 16.7 Å². The van der Waals surface area contributed by atoms with Gasteiger partial charge < -0.3 is 4.42 Å². The molecule has 0 N–H and O–H groups in total. The molecule has 12 rings (SSSR count). The molecule has 4 heterocycles. The zero-order valence-corrected chi connectivity index (χ0v) is 30.2. The minimum absolute atomic E-state index is 0.0805. The van der Waals surface area contributed by atoms with E-state index in [0.29, 0.717) is 22.7 Å². The molecule has 0 unspecified atom stereocenters. The highest BCUT2D eigenvalue weighted by atomic mass is 16.3. The molecule has 1 aliphatic carbocycles. The second-order valence-electron chi connectivity index (χ2n) is 15.2. The van der Waals surface area contributed by atoms with Crippen molar-refractivity contribution in [2.24, 2.45) is 0 Å². The summed E-state index contributed by atoms with van der Waals surface area (Å²) in [4.78, 5) is 15.6. The van der Waals surface area contributed by atoms with Crippen LogP contribution in [0.25, 0.3) is 105 Å². The average molecular weight is 705 g/mol. The minimum Gasteiger partial charge on any atom is -0.436 e. The predicted octanol–water partition coefficient (Wildman–Crippen LogP) is 12.8. The first-order valence-electron chi connectivity index (χ1n) is 18.8. The van der Waals surface area contributed by atoms with Crippen molar-refractivity contribution in [3.05, 3.63) is 169 Å². The highest BCUT2D eigenvalue weighted by Gasteiger charge is 2.35. The summed E-state index contributed by atoms with van der Waals surface area (Å²) in [5.74, 6) is 0.677. The van der Waals surface area contributed by atoms with Gasteiger partial charge in [0.15, 0.2) is 5.82 Å². The Bertz CT molecular complexity index is 3410. The minimum atomic E-state index is -0.0805. The van der Waals surface area contributed by atoms with Crippen LogP contribution >= 0.6 is 0 Å². The molecule has 5 heteroatoms. The molecule has 0 atom stereocenters. The lowest BCUT2D eigenvalue weighted by Gasteiger charge is -2.22. The molecule has 0 amide bonds. The van der Waals surface area contributed by atoms with Crippen molar-refractivity contribution in [2.75, 3.05) is 0 Å². The molecule has 0 radical (unpaired) electrons. The smallest absolute Gasteiger partial charge is 0.248 e. The first kappa shape index (κ1) is 30.4. The summed E-state index contributed by atoms with van der Waals surface area (Å²) in [6.45, 7) is 4.64. The summed E-state index contributed by atoms with van der Waals surface area (Å²) in [6.07, 6.45) is 1.81. The summed E-state index contributed by atoms with van der Waals surface area (Å²) in [5.41, 5.74) is 13.0. The number of benzene rings is 7. The third-order valence-electron chi connectivity index (χ3n) is 11.8. The summed E-state index contributed by atoms with van der Waals surface area (Å²) < 4.78 is 8.94. The number of nitrogens with zero attached hydrogens (tertiary/aromatic N) is 4. The normalized spacial score (nSPS) is 13.4. The number of furan rings is 1. The Morgan fingerprint density at radius 1 is 0.545 bits per heavy atom. The number of rotatable bonds is 3. The van der Waals surface area contributed by atoms with Gasteiger partial charge in [0.1, 0.15) is 16.8 Å². The lowest BCUT2D eigenvalue weighted by Crippen LogP contribution is -2.14. The van der Waals surface area contributed by atoms with Crippen LogP contribution in [0.4, 0.5) is 0 Å². The second-order valence-corrected chi connectivity index (χ2v) is 15.2. The molecule has 11 aromatic rings. The van der Waals surface area contributed by atoms with E-state index in [2.05, 4.69) is 152 Å². The monoisotopic (exact) mass is 704 g/mol. The molecule has 0 spiro atoms. The van der Waals surface area contributed by atoms with Gasteiger partial charge in [0, 0.05) is 27.8 Å². The number of pyridine rings is 1. The van der Waals surface area contributed by atoms with E-state index in [1.165, 1.54) is 43.8 Å². The van der Waals surface area contributed by atoms with E-state index in [0.717, 1.165) is 49.6 Å². The molecule has 7 aromatic carbocycles. The first-order chi connectivity index (χ1) is 27.0. The highest BCUT2D eigenvalue weighted by Crippen LogP contribution is 2.50. The van der Waals surface area contributed by atoms with Crippen LogP contribution in [0.1, 0.15) is 25.0 Å². The molecular formula is C50H32N4O. The maximum absolute atomic E-state index is 6.69. The molecule has 0 saturated carbocycles. The largest absolute Gasteiger partial charge is 0.436 e. The van der Waals surface area contributed by atoms with Gasteiger partial charge in [-0.2, -0.15) is 4.98 Å². The van der Waals surface area contributed by atoms with Crippen LogP contribution in [0.2, 0.25) is 0 Å². The lowest BCUT2D eigenvalue weighted by atomic mass is 9.81. The van der Waals surface area contributed by atoms with Crippen LogP contribution in [-0.4, -0.2) is 19.5 Å². The summed E-state index contributed by atoms with van der Waals surface area (Å²) in [6, 6.07) is 54.1. The fourth-order valence-electron chi connectivity index (χ4n) is 9.16. The fourth-order valence-corrected chi connectivity index (χ4v) is 9.16. The molecule has 1 aliphatic rings. The summed E-state index contributed by atoms with van der Waals surface area (Å²) in [7, 11) is 0. The van der Waals surface area contributed by atoms with Crippen molar-refractivity contribution in [1.29, 1.82) is 0 Å². The Balaban J connectivity index is 1.11. The molecule has 0 saturated heterocycles. The van der Waals surface area contributed by atoms with Crippen LogP contribution in [0.15, 0.2) is 162 Å². The zero-order chi connectivity index (χ0) is 36.4. The number of hydrogen-bond acceptors (Lipinski definition) is 4. The molecular weight excluding hydrogens is 673 g/mol. The summed E-state index contributed by atoms with van der Waals surface area (Å²) in [5, 5.41) is 8.01. The van der Waals surface area contributed by atoms with Gasteiger partial charge in [-0.25, -0.2) is 4.98 Å². The van der Waals surface area contributed by atoms with Crippen LogP contribution in [0, 0.1) is 0 Å². The van der Waals surface area contributed by atoms with Crippen molar-refractivity contribution in [1.82, 2.24) is 19.5 Å². The molecule has 0 fully saturated rings. The third kappa shape index (κ3) is 4.26. The van der Waals surface area contributed by atoms with Gasteiger partial charge in [-0.05, 0) is 103 Å². The standard InChI is InChI=1S/C50H32N4O/c1-50(2)39-16-8-7-15-35(39)36-21-18-32(26-40(36)50)33-19-22-37-44(28-33)55-49-46(37)52-47(41-17-9-10-24-51-41)48(53-49)54-42-23-20-29-11-5-6-14-34(29)45(42)38-25-30-12-3-4-13-31(30)27-43(38)54/h3-28H,1-2H3. The van der Waals surface area contributed by atoms with Crippen molar-refractivity contribution in [3.8, 4) is 39.5 Å². The molecule has 0 bridgehead atoms. The second kappa shape index (κ2) is 11.0. The van der Waals surface area contributed by atoms with E-state index < -0.39 is 0 Å². The molecule has 258 valence electrons. The SMILES string of the molecule is CC1(C)c2ccccc2-c2ccc(-c3ccc4c(c3)oc3nc(-n5c6cc7ccccc7cc6c6c7ccccc7ccc65)c(-c5ccccn5)nc34)cc21. The van der Waals surface area contributed by atoms with Gasteiger partial charge in [-0.3, -0.25) is 9.55 Å². The van der Waals surface area contributed by atoms with Gasteiger partial charge in [0.25, 0.3) is 0 Å². The highest BCUT2D eigenvalue weighted by molar-refractivity contribution is 6.23. The Kier molecular flexibility index (Phi) is 6.05. The Hall–Kier alpha value is -7.11. The predicted molar refractivity (Wildman–Crippen MR) is 225 cm³/mol. The first-order valence-corrected chi connectivity index (χ1v) is 18.8.